The average molecular weight is 408 g/mol. The zero-order valence-electron chi connectivity index (χ0n) is 15.2. The fourth-order valence-corrected chi connectivity index (χ4v) is 4.56. The number of thiol groups is 1. The molecule has 0 unspecified atom stereocenters. The topological polar surface area (TPSA) is 95.6 Å². The number of hydrogen-bond acceptors (Lipinski definition) is 6. The molecular weight excluding hydrogens is 382 g/mol. The van der Waals surface area contributed by atoms with Crippen LogP contribution >= 0.6 is 12.6 Å². The number of anilines is 1. The van der Waals surface area contributed by atoms with Gasteiger partial charge in [0, 0.05) is 36.3 Å². The van der Waals surface area contributed by atoms with Crippen molar-refractivity contribution < 1.29 is 16.8 Å². The summed E-state index contributed by atoms with van der Waals surface area (Å²) in [6, 6.07) is 4.39. The van der Waals surface area contributed by atoms with E-state index in [2.05, 4.69) is 22.7 Å². The Hall–Kier alpha value is -1.23. The smallest absolute Gasteiger partial charge is 0.241 e. The monoisotopic (exact) mass is 407 g/mol. The van der Waals surface area contributed by atoms with Crippen molar-refractivity contribution in [3.8, 4) is 0 Å². The maximum Gasteiger partial charge on any atom is 0.241 e. The van der Waals surface area contributed by atoms with Gasteiger partial charge in [0.15, 0.2) is 0 Å². The van der Waals surface area contributed by atoms with Gasteiger partial charge in [-0.1, -0.05) is 6.07 Å². The third-order valence-corrected chi connectivity index (χ3v) is 6.49. The predicted molar refractivity (Wildman–Crippen MR) is 106 cm³/mol. The minimum atomic E-state index is -3.90. The maximum absolute atomic E-state index is 12.8. The Bertz CT molecular complexity index is 870. The number of sulfonamides is 2. The molecule has 0 bridgehead atoms. The largest absolute Gasteiger partial charge is 0.393 e. The first kappa shape index (κ1) is 21.8. The first-order valence-electron chi connectivity index (χ1n) is 7.38. The van der Waals surface area contributed by atoms with Gasteiger partial charge in [-0.05, 0) is 32.9 Å². The van der Waals surface area contributed by atoms with Crippen molar-refractivity contribution in [2.45, 2.75) is 31.2 Å². The first-order valence-corrected chi connectivity index (χ1v) is 11.2. The predicted octanol–water partition coefficient (Wildman–Crippen LogP) is 1.61. The van der Waals surface area contributed by atoms with Gasteiger partial charge in [-0.15, -0.1) is 12.6 Å². The van der Waals surface area contributed by atoms with Crippen molar-refractivity contribution in [3.63, 3.8) is 0 Å². The molecule has 2 N–H and O–H groups in total. The van der Waals surface area contributed by atoms with Crippen LogP contribution < -0.4 is 14.3 Å². The third kappa shape index (κ3) is 5.91. The summed E-state index contributed by atoms with van der Waals surface area (Å²) in [5, 5.41) is 2.79. The summed E-state index contributed by atoms with van der Waals surface area (Å²) in [4.78, 5) is 0.359. The van der Waals surface area contributed by atoms with Gasteiger partial charge in [-0.3, -0.25) is 4.31 Å². The van der Waals surface area contributed by atoms with E-state index in [0.717, 1.165) is 10.6 Å². The molecule has 25 heavy (non-hydrogen) atoms. The molecule has 0 radical (unpaired) electrons. The maximum atomic E-state index is 12.8. The number of nitrogens with zero attached hydrogens (tertiary/aromatic N) is 1. The Morgan fingerprint density at radius 2 is 1.76 bits per heavy atom. The fraction of sp³-hybridized carbons (Fsp3) is 0.467. The zero-order chi connectivity index (χ0) is 19.6. The standard InChI is InChI=1S/C15H25N3O4S3/c1-15(2,3)17-25(21,22)14-9-11(18(5)24(6,19)20)7-8-12(14)13(23)10-16-4/h7-10,16-17,23H,1-6H3/b13-10-. The molecule has 1 aromatic carbocycles. The van der Waals surface area contributed by atoms with Crippen LogP contribution in [0.4, 0.5) is 5.69 Å². The number of rotatable bonds is 6. The second kappa shape index (κ2) is 7.56. The summed E-state index contributed by atoms with van der Waals surface area (Å²) in [6.45, 7) is 5.17. The lowest BCUT2D eigenvalue weighted by Crippen LogP contribution is -2.40. The van der Waals surface area contributed by atoms with Gasteiger partial charge in [-0.25, -0.2) is 21.6 Å². The molecule has 7 nitrogen and oxygen atoms in total. The van der Waals surface area contributed by atoms with Crippen LogP contribution in [0, 0.1) is 0 Å². The molecular formula is C15H25N3O4S3. The molecule has 0 saturated carbocycles. The van der Waals surface area contributed by atoms with Crippen LogP contribution in [0.25, 0.3) is 4.91 Å². The molecule has 0 spiro atoms. The molecule has 0 aliphatic carbocycles. The van der Waals surface area contributed by atoms with Crippen LogP contribution in [-0.2, 0) is 20.0 Å². The summed E-state index contributed by atoms with van der Waals surface area (Å²) >= 11 is 4.33. The molecule has 0 amide bonds. The van der Waals surface area contributed by atoms with E-state index in [1.165, 1.54) is 25.2 Å². The number of hydrogen-bond donors (Lipinski definition) is 3. The fourth-order valence-electron chi connectivity index (χ4n) is 2.00. The highest BCUT2D eigenvalue weighted by Crippen LogP contribution is 2.30. The van der Waals surface area contributed by atoms with Gasteiger partial charge in [-0.2, -0.15) is 0 Å². The summed E-state index contributed by atoms with van der Waals surface area (Å²) in [5.74, 6) is 0. The lowest BCUT2D eigenvalue weighted by molar-refractivity contribution is 0.491. The molecule has 142 valence electrons. The first-order chi connectivity index (χ1) is 11.2. The quantitative estimate of drug-likeness (QED) is 0.623. The molecule has 0 fully saturated rings. The molecule has 0 aliphatic rings. The van der Waals surface area contributed by atoms with E-state index < -0.39 is 25.6 Å². The Labute approximate surface area is 156 Å². The van der Waals surface area contributed by atoms with Crippen molar-refractivity contribution >= 4 is 43.3 Å². The van der Waals surface area contributed by atoms with Gasteiger partial charge in [0.2, 0.25) is 20.0 Å². The van der Waals surface area contributed by atoms with E-state index >= 15 is 0 Å². The second-order valence-corrected chi connectivity index (χ2v) is 10.7. The van der Waals surface area contributed by atoms with Crippen molar-refractivity contribution in [1.82, 2.24) is 10.0 Å². The molecule has 0 saturated heterocycles. The highest BCUT2D eigenvalue weighted by atomic mass is 32.2. The molecule has 0 aliphatic heterocycles. The van der Waals surface area contributed by atoms with Crippen molar-refractivity contribution in [1.29, 1.82) is 0 Å². The van der Waals surface area contributed by atoms with Gasteiger partial charge in [0.1, 0.15) is 0 Å². The van der Waals surface area contributed by atoms with E-state index in [1.807, 2.05) is 0 Å². The van der Waals surface area contributed by atoms with E-state index in [1.54, 1.807) is 34.0 Å². The Morgan fingerprint density at radius 3 is 2.20 bits per heavy atom. The molecule has 0 atom stereocenters. The lowest BCUT2D eigenvalue weighted by Gasteiger charge is -2.23. The highest BCUT2D eigenvalue weighted by Gasteiger charge is 2.26. The van der Waals surface area contributed by atoms with Crippen molar-refractivity contribution in [2.75, 3.05) is 24.7 Å². The molecule has 1 rings (SSSR count). The molecule has 0 aromatic heterocycles. The Kier molecular flexibility index (Phi) is 6.60. The second-order valence-electron chi connectivity index (χ2n) is 6.58. The van der Waals surface area contributed by atoms with Crippen LogP contribution in [0.2, 0.25) is 0 Å². The van der Waals surface area contributed by atoms with Gasteiger partial charge in [0.05, 0.1) is 16.8 Å². The van der Waals surface area contributed by atoms with Crippen LogP contribution in [0.1, 0.15) is 26.3 Å². The SMILES string of the molecule is CN/C=C(\S)c1ccc(N(C)S(C)(=O)=O)cc1S(=O)(=O)NC(C)(C)C. The van der Waals surface area contributed by atoms with Crippen LogP contribution in [0.3, 0.4) is 0 Å². The minimum Gasteiger partial charge on any atom is -0.393 e. The van der Waals surface area contributed by atoms with Gasteiger partial charge in [0.25, 0.3) is 0 Å². The molecule has 0 heterocycles. The zero-order valence-corrected chi connectivity index (χ0v) is 17.7. The summed E-state index contributed by atoms with van der Waals surface area (Å²) in [5.41, 5.74) is -0.0931. The average Bonchev–Trinajstić information content (AvgIpc) is 2.42. The van der Waals surface area contributed by atoms with Crippen molar-refractivity contribution in [3.05, 3.63) is 30.0 Å². The number of nitrogens with one attached hydrogen (secondary N) is 2. The highest BCUT2D eigenvalue weighted by molar-refractivity contribution is 7.92. The van der Waals surface area contributed by atoms with Crippen molar-refractivity contribution in [2.24, 2.45) is 0 Å². The molecule has 1 aromatic rings. The molecule has 10 heteroatoms. The Balaban J connectivity index is 3.66. The van der Waals surface area contributed by atoms with Crippen LogP contribution in [0.5, 0.6) is 0 Å². The Morgan fingerprint density at radius 1 is 1.20 bits per heavy atom. The minimum absolute atomic E-state index is 0.0491. The van der Waals surface area contributed by atoms with Crippen LogP contribution in [-0.4, -0.2) is 42.7 Å². The van der Waals surface area contributed by atoms with Gasteiger partial charge < -0.3 is 5.32 Å². The van der Waals surface area contributed by atoms with E-state index in [9.17, 15) is 16.8 Å². The lowest BCUT2D eigenvalue weighted by atomic mass is 10.1. The van der Waals surface area contributed by atoms with E-state index in [0.29, 0.717) is 10.5 Å². The summed E-state index contributed by atoms with van der Waals surface area (Å²) in [7, 11) is -4.39. The third-order valence-electron chi connectivity index (χ3n) is 3.11. The summed E-state index contributed by atoms with van der Waals surface area (Å²) < 4.78 is 52.8. The van der Waals surface area contributed by atoms with E-state index in [4.69, 9.17) is 0 Å². The normalized spacial score (nSPS) is 13.6. The van der Waals surface area contributed by atoms with Gasteiger partial charge >= 0.3 is 0 Å². The van der Waals surface area contributed by atoms with E-state index in [-0.39, 0.29) is 10.6 Å². The summed E-state index contributed by atoms with van der Waals surface area (Å²) in [6.07, 6.45) is 2.60. The number of benzene rings is 1. The van der Waals surface area contributed by atoms with Crippen LogP contribution in [0.15, 0.2) is 29.3 Å².